The summed E-state index contributed by atoms with van der Waals surface area (Å²) in [6, 6.07) is 9.26. The van der Waals surface area contributed by atoms with Crippen LogP contribution >= 0.6 is 24.8 Å². The lowest BCUT2D eigenvalue weighted by molar-refractivity contribution is -0.123. The van der Waals surface area contributed by atoms with Gasteiger partial charge in [-0.15, -0.1) is 24.8 Å². The number of carbonyl (C=O) groups is 1. The van der Waals surface area contributed by atoms with Crippen LogP contribution in [0.25, 0.3) is 11.0 Å². The van der Waals surface area contributed by atoms with Gasteiger partial charge in [0.1, 0.15) is 5.82 Å². The number of hydrogen-bond acceptors (Lipinski definition) is 3. The number of rotatable bonds is 6. The minimum Gasteiger partial charge on any atom is -0.346 e. The van der Waals surface area contributed by atoms with Gasteiger partial charge in [-0.2, -0.15) is 0 Å². The molecule has 2 aliphatic rings. The van der Waals surface area contributed by atoms with Crippen molar-refractivity contribution in [1.82, 2.24) is 20.6 Å². The number of nitrogens with zero attached hydrogens (tertiary/aromatic N) is 1. The third-order valence-corrected chi connectivity index (χ3v) is 5.82. The lowest BCUT2D eigenvalue weighted by atomic mass is 9.89. The zero-order valence-electron chi connectivity index (χ0n) is 16.6. The fraction of sp³-hybridized carbons (Fsp3) is 0.619. The third-order valence-electron chi connectivity index (χ3n) is 5.82. The van der Waals surface area contributed by atoms with Gasteiger partial charge in [0.15, 0.2) is 0 Å². The van der Waals surface area contributed by atoms with E-state index >= 15 is 0 Å². The number of amides is 1. The van der Waals surface area contributed by atoms with Crippen molar-refractivity contribution >= 4 is 41.8 Å². The molecule has 2 fully saturated rings. The Morgan fingerprint density at radius 3 is 2.50 bits per heavy atom. The second-order valence-corrected chi connectivity index (χ2v) is 8.57. The molecule has 2 saturated heterocycles. The molecule has 0 spiro atoms. The maximum atomic E-state index is 12.8. The SMILES string of the molecule is CC(C)CC(NC(=O)CC1CC2CCC(C1)N2)c1nc2ccccc2[nH]1.Cl.Cl. The van der Waals surface area contributed by atoms with Crippen LogP contribution in [0.4, 0.5) is 0 Å². The number of halogens is 2. The Labute approximate surface area is 179 Å². The zero-order chi connectivity index (χ0) is 18.1. The second-order valence-electron chi connectivity index (χ2n) is 8.57. The molecular weight excluding hydrogens is 395 g/mol. The molecule has 4 rings (SSSR count). The number of para-hydroxylation sites is 2. The molecule has 1 amide bonds. The highest BCUT2D eigenvalue weighted by Gasteiger charge is 2.34. The number of piperidine rings is 1. The fourth-order valence-corrected chi connectivity index (χ4v) is 4.71. The number of fused-ring (bicyclic) bond motifs is 3. The molecular formula is C21H32Cl2N4O. The van der Waals surface area contributed by atoms with E-state index in [0.29, 0.717) is 30.3 Å². The van der Waals surface area contributed by atoms with Gasteiger partial charge in [-0.05, 0) is 56.1 Å². The Hall–Kier alpha value is -1.30. The molecule has 3 heterocycles. The summed E-state index contributed by atoms with van der Waals surface area (Å²) in [5.41, 5.74) is 1.99. The summed E-state index contributed by atoms with van der Waals surface area (Å²) in [6.45, 7) is 4.37. The van der Waals surface area contributed by atoms with Crippen molar-refractivity contribution in [2.75, 3.05) is 0 Å². The molecule has 1 aromatic carbocycles. The van der Waals surface area contributed by atoms with Crippen LogP contribution < -0.4 is 10.6 Å². The molecule has 28 heavy (non-hydrogen) atoms. The predicted molar refractivity (Wildman–Crippen MR) is 118 cm³/mol. The number of benzene rings is 1. The van der Waals surface area contributed by atoms with Gasteiger partial charge in [0.05, 0.1) is 17.1 Å². The minimum atomic E-state index is -0.0478. The van der Waals surface area contributed by atoms with E-state index in [-0.39, 0.29) is 36.8 Å². The van der Waals surface area contributed by atoms with Gasteiger partial charge >= 0.3 is 0 Å². The van der Waals surface area contributed by atoms with Gasteiger partial charge in [0.25, 0.3) is 0 Å². The van der Waals surface area contributed by atoms with Crippen molar-refractivity contribution < 1.29 is 4.79 Å². The first-order valence-corrected chi connectivity index (χ1v) is 10.1. The largest absolute Gasteiger partial charge is 0.346 e. The predicted octanol–water partition coefficient (Wildman–Crippen LogP) is 4.53. The molecule has 7 heteroatoms. The van der Waals surface area contributed by atoms with E-state index in [1.807, 2.05) is 24.3 Å². The second kappa shape index (κ2) is 9.95. The monoisotopic (exact) mass is 426 g/mol. The van der Waals surface area contributed by atoms with Crippen molar-refractivity contribution in [1.29, 1.82) is 0 Å². The minimum absolute atomic E-state index is 0. The van der Waals surface area contributed by atoms with E-state index in [1.165, 1.54) is 12.8 Å². The van der Waals surface area contributed by atoms with Gasteiger partial charge < -0.3 is 15.6 Å². The number of nitrogens with one attached hydrogen (secondary N) is 3. The topological polar surface area (TPSA) is 69.8 Å². The quantitative estimate of drug-likeness (QED) is 0.635. The van der Waals surface area contributed by atoms with E-state index in [0.717, 1.165) is 36.1 Å². The normalized spacial score (nSPS) is 24.5. The first kappa shape index (κ1) is 23.0. The average Bonchev–Trinajstić information content (AvgIpc) is 3.16. The molecule has 0 radical (unpaired) electrons. The van der Waals surface area contributed by atoms with E-state index in [9.17, 15) is 4.79 Å². The Balaban J connectivity index is 0.00000140. The molecule has 2 bridgehead atoms. The smallest absolute Gasteiger partial charge is 0.220 e. The lowest BCUT2D eigenvalue weighted by Gasteiger charge is -2.29. The van der Waals surface area contributed by atoms with E-state index in [2.05, 4.69) is 29.5 Å². The van der Waals surface area contributed by atoms with Crippen molar-refractivity contribution in [3.8, 4) is 0 Å². The van der Waals surface area contributed by atoms with Crippen LogP contribution in [0.2, 0.25) is 0 Å². The van der Waals surface area contributed by atoms with Crippen LogP contribution in [-0.4, -0.2) is 28.0 Å². The molecule has 3 N–H and O–H groups in total. The molecule has 0 aliphatic carbocycles. The van der Waals surface area contributed by atoms with Crippen molar-refractivity contribution in [2.45, 2.75) is 70.5 Å². The molecule has 5 nitrogen and oxygen atoms in total. The Kier molecular flexibility index (Phi) is 8.17. The number of aromatic amines is 1. The van der Waals surface area contributed by atoms with Crippen LogP contribution in [0, 0.1) is 11.8 Å². The first-order valence-electron chi connectivity index (χ1n) is 10.1. The van der Waals surface area contributed by atoms with Gasteiger partial charge in [-0.3, -0.25) is 4.79 Å². The Morgan fingerprint density at radius 2 is 1.86 bits per heavy atom. The molecule has 0 saturated carbocycles. The van der Waals surface area contributed by atoms with Crippen LogP contribution in [0.5, 0.6) is 0 Å². The zero-order valence-corrected chi connectivity index (χ0v) is 18.2. The highest BCUT2D eigenvalue weighted by atomic mass is 35.5. The maximum Gasteiger partial charge on any atom is 0.220 e. The third kappa shape index (κ3) is 5.40. The number of H-pyrrole nitrogens is 1. The van der Waals surface area contributed by atoms with E-state index in [4.69, 9.17) is 4.98 Å². The van der Waals surface area contributed by atoms with Gasteiger partial charge in [-0.1, -0.05) is 26.0 Å². The van der Waals surface area contributed by atoms with E-state index < -0.39 is 0 Å². The summed E-state index contributed by atoms with van der Waals surface area (Å²) in [7, 11) is 0. The summed E-state index contributed by atoms with van der Waals surface area (Å²) in [5.74, 6) is 2.05. The van der Waals surface area contributed by atoms with Gasteiger partial charge in [0.2, 0.25) is 5.91 Å². The number of carbonyl (C=O) groups excluding carboxylic acids is 1. The Morgan fingerprint density at radius 1 is 1.18 bits per heavy atom. The fourth-order valence-electron chi connectivity index (χ4n) is 4.71. The van der Waals surface area contributed by atoms with Gasteiger partial charge in [0, 0.05) is 18.5 Å². The van der Waals surface area contributed by atoms with E-state index in [1.54, 1.807) is 0 Å². The van der Waals surface area contributed by atoms with Crippen LogP contribution in [-0.2, 0) is 4.79 Å². The van der Waals surface area contributed by atoms with Crippen LogP contribution in [0.15, 0.2) is 24.3 Å². The lowest BCUT2D eigenvalue weighted by Crippen LogP contribution is -2.40. The molecule has 3 atom stereocenters. The standard InChI is InChI=1S/C21H30N4O.2ClH/c1-13(2)9-19(21-24-17-5-3-4-6-18(17)25-21)23-20(26)12-14-10-15-7-8-16(11-14)22-15;;/h3-6,13-16,19,22H,7-12H2,1-2H3,(H,23,26)(H,24,25);2*1H. The summed E-state index contributed by atoms with van der Waals surface area (Å²) >= 11 is 0. The van der Waals surface area contributed by atoms with Crippen molar-refractivity contribution in [2.24, 2.45) is 11.8 Å². The average molecular weight is 427 g/mol. The molecule has 1 aromatic heterocycles. The van der Waals surface area contributed by atoms with Crippen LogP contribution in [0.3, 0.4) is 0 Å². The highest BCUT2D eigenvalue weighted by molar-refractivity contribution is 5.85. The molecule has 156 valence electrons. The number of hydrogen-bond donors (Lipinski definition) is 3. The first-order chi connectivity index (χ1) is 12.6. The number of aromatic nitrogens is 2. The van der Waals surface area contributed by atoms with Gasteiger partial charge in [-0.25, -0.2) is 4.98 Å². The molecule has 2 aromatic rings. The molecule has 3 unspecified atom stereocenters. The van der Waals surface area contributed by atoms with Crippen molar-refractivity contribution in [3.63, 3.8) is 0 Å². The molecule has 2 aliphatic heterocycles. The number of imidazole rings is 1. The summed E-state index contributed by atoms with van der Waals surface area (Å²) < 4.78 is 0. The maximum absolute atomic E-state index is 12.8. The highest BCUT2D eigenvalue weighted by Crippen LogP contribution is 2.33. The summed E-state index contributed by atoms with van der Waals surface area (Å²) in [4.78, 5) is 20.9. The van der Waals surface area contributed by atoms with Crippen LogP contribution in [0.1, 0.15) is 64.2 Å². The summed E-state index contributed by atoms with van der Waals surface area (Å²) in [5, 5.41) is 6.92. The summed E-state index contributed by atoms with van der Waals surface area (Å²) in [6.07, 6.45) is 6.37. The Bertz CT molecular complexity index is 734. The van der Waals surface area contributed by atoms with Crippen molar-refractivity contribution in [3.05, 3.63) is 30.1 Å².